The van der Waals surface area contributed by atoms with E-state index in [2.05, 4.69) is 15.8 Å². The smallest absolute Gasteiger partial charge is 0.387 e. The minimum absolute atomic E-state index is 0.0436. The molecule has 0 radical (unpaired) electrons. The molecule has 7 nitrogen and oxygen atoms in total. The first-order valence-electron chi connectivity index (χ1n) is 10.1. The van der Waals surface area contributed by atoms with Crippen LogP contribution < -0.4 is 14.4 Å². The number of aromatic nitrogens is 1. The van der Waals surface area contributed by atoms with Gasteiger partial charge < -0.3 is 9.64 Å². The Hall–Kier alpha value is -2.91. The molecule has 12 heteroatoms. The molecular formula is C21H22F4N4O3S. The fourth-order valence-corrected chi connectivity index (χ4v) is 4.94. The molecule has 1 aliphatic rings. The summed E-state index contributed by atoms with van der Waals surface area (Å²) >= 11 is 0. The number of sulfonamides is 1. The SMILES string of the molecule is CCCN1c2cc(OC(F)F)ccc2C(C#N)C1c1ccc(S(=O)(=O)NC(CF)CF)cn1. The number of hydrogen-bond acceptors (Lipinski definition) is 6. The molecule has 2 heterocycles. The summed E-state index contributed by atoms with van der Waals surface area (Å²) in [6, 6.07) is 7.16. The molecule has 0 bridgehead atoms. The number of anilines is 1. The number of alkyl halides is 4. The molecular weight excluding hydrogens is 464 g/mol. The summed E-state index contributed by atoms with van der Waals surface area (Å²) in [7, 11) is -4.20. The molecule has 33 heavy (non-hydrogen) atoms. The Morgan fingerprint density at radius 3 is 2.52 bits per heavy atom. The standard InChI is InChI=1S/C21H22F4N4O3S/c1-2-7-29-19-8-14(32-21(24)25)3-5-16(19)17(11-26)20(29)18-6-4-15(12-27-18)33(30,31)28-13(9-22)10-23/h3-6,8,12-13,17,20-21,28H,2,7,9-10H2,1H3. The van der Waals surface area contributed by atoms with Crippen LogP contribution in [-0.2, 0) is 10.0 Å². The van der Waals surface area contributed by atoms with Crippen LogP contribution in [0.5, 0.6) is 5.75 Å². The van der Waals surface area contributed by atoms with Crippen molar-refractivity contribution in [3.05, 3.63) is 47.8 Å². The van der Waals surface area contributed by atoms with Crippen molar-refractivity contribution in [3.63, 3.8) is 0 Å². The fourth-order valence-electron chi connectivity index (χ4n) is 3.80. The van der Waals surface area contributed by atoms with Crippen LogP contribution in [0.4, 0.5) is 23.2 Å². The van der Waals surface area contributed by atoms with Crippen LogP contribution in [-0.4, -0.2) is 45.9 Å². The Labute approximate surface area is 189 Å². The maximum absolute atomic E-state index is 12.7. The minimum atomic E-state index is -4.20. The van der Waals surface area contributed by atoms with Gasteiger partial charge in [0.25, 0.3) is 0 Å². The van der Waals surface area contributed by atoms with E-state index in [0.717, 1.165) is 6.20 Å². The topological polar surface area (TPSA) is 95.3 Å². The number of halogens is 4. The molecule has 1 aromatic carbocycles. The molecule has 0 saturated heterocycles. The molecule has 0 spiro atoms. The van der Waals surface area contributed by atoms with Gasteiger partial charge in [-0.1, -0.05) is 13.0 Å². The van der Waals surface area contributed by atoms with Crippen LogP contribution >= 0.6 is 0 Å². The Balaban J connectivity index is 1.96. The van der Waals surface area contributed by atoms with Crippen LogP contribution in [0.15, 0.2) is 41.4 Å². The highest BCUT2D eigenvalue weighted by atomic mass is 32.2. The van der Waals surface area contributed by atoms with E-state index in [1.807, 2.05) is 16.5 Å². The van der Waals surface area contributed by atoms with Gasteiger partial charge >= 0.3 is 6.61 Å². The lowest BCUT2D eigenvalue weighted by Crippen LogP contribution is -2.38. The van der Waals surface area contributed by atoms with E-state index < -0.39 is 48.0 Å². The number of nitrogens with zero attached hydrogens (tertiary/aromatic N) is 3. The van der Waals surface area contributed by atoms with Gasteiger partial charge in [-0.15, -0.1) is 0 Å². The van der Waals surface area contributed by atoms with Crippen LogP contribution in [0.3, 0.4) is 0 Å². The van der Waals surface area contributed by atoms with Crippen molar-refractivity contribution in [1.29, 1.82) is 5.26 Å². The zero-order valence-corrected chi connectivity index (χ0v) is 18.4. The molecule has 0 saturated carbocycles. The first-order valence-corrected chi connectivity index (χ1v) is 11.6. The summed E-state index contributed by atoms with van der Waals surface area (Å²) in [6.45, 7) is -3.00. The molecule has 2 atom stereocenters. The number of nitriles is 1. The Morgan fingerprint density at radius 1 is 1.24 bits per heavy atom. The van der Waals surface area contributed by atoms with Gasteiger partial charge in [0.15, 0.2) is 0 Å². The number of pyridine rings is 1. The van der Waals surface area contributed by atoms with Gasteiger partial charge in [-0.05, 0) is 30.2 Å². The molecule has 0 aliphatic carbocycles. The average Bonchev–Trinajstić information content (AvgIpc) is 3.10. The zero-order chi connectivity index (χ0) is 24.2. The van der Waals surface area contributed by atoms with Gasteiger partial charge in [0, 0.05) is 24.5 Å². The first-order chi connectivity index (χ1) is 15.7. The van der Waals surface area contributed by atoms with Crippen LogP contribution in [0.25, 0.3) is 0 Å². The zero-order valence-electron chi connectivity index (χ0n) is 17.6. The van der Waals surface area contributed by atoms with Crippen molar-refractivity contribution < 1.29 is 30.7 Å². The number of nitrogens with one attached hydrogen (secondary N) is 1. The third kappa shape index (κ3) is 5.20. The molecule has 0 amide bonds. The van der Waals surface area contributed by atoms with Gasteiger partial charge in [-0.25, -0.2) is 21.9 Å². The summed E-state index contributed by atoms with van der Waals surface area (Å²) in [5, 5.41) is 9.85. The predicted octanol–water partition coefficient (Wildman–Crippen LogP) is 3.85. The maximum Gasteiger partial charge on any atom is 0.387 e. The number of fused-ring (bicyclic) bond motifs is 1. The van der Waals surface area contributed by atoms with E-state index in [1.54, 1.807) is 6.07 Å². The van der Waals surface area contributed by atoms with Crippen molar-refractivity contribution in [2.75, 3.05) is 24.8 Å². The first kappa shape index (κ1) is 24.7. The van der Waals surface area contributed by atoms with Gasteiger partial charge in [-0.3, -0.25) is 4.98 Å². The highest BCUT2D eigenvalue weighted by Gasteiger charge is 2.40. The highest BCUT2D eigenvalue weighted by Crippen LogP contribution is 2.49. The molecule has 1 N–H and O–H groups in total. The fraction of sp³-hybridized carbons (Fsp3) is 0.429. The van der Waals surface area contributed by atoms with Gasteiger partial charge in [0.05, 0.1) is 29.8 Å². The number of ether oxygens (including phenoxy) is 1. The van der Waals surface area contributed by atoms with E-state index in [4.69, 9.17) is 0 Å². The number of rotatable bonds is 10. The molecule has 1 aliphatic heterocycles. The predicted molar refractivity (Wildman–Crippen MR) is 112 cm³/mol. The van der Waals surface area contributed by atoms with E-state index >= 15 is 0 Å². The van der Waals surface area contributed by atoms with Crippen LogP contribution in [0.2, 0.25) is 0 Å². The van der Waals surface area contributed by atoms with Crippen molar-refractivity contribution in [1.82, 2.24) is 9.71 Å². The lowest BCUT2D eigenvalue weighted by molar-refractivity contribution is -0.0498. The summed E-state index contributed by atoms with van der Waals surface area (Å²) in [5.74, 6) is -0.736. The second-order valence-corrected chi connectivity index (χ2v) is 9.10. The summed E-state index contributed by atoms with van der Waals surface area (Å²) in [5.41, 5.74) is 1.56. The van der Waals surface area contributed by atoms with E-state index in [-0.39, 0.29) is 10.6 Å². The van der Waals surface area contributed by atoms with E-state index in [0.29, 0.717) is 29.9 Å². The van der Waals surface area contributed by atoms with Gasteiger partial charge in [-0.2, -0.15) is 14.0 Å². The summed E-state index contributed by atoms with van der Waals surface area (Å²) < 4.78 is 81.9. The van der Waals surface area contributed by atoms with Gasteiger partial charge in [0.1, 0.15) is 24.0 Å². The second-order valence-electron chi connectivity index (χ2n) is 7.39. The van der Waals surface area contributed by atoms with E-state index in [9.17, 15) is 31.2 Å². The van der Waals surface area contributed by atoms with Crippen molar-refractivity contribution in [2.45, 2.75) is 42.9 Å². The lowest BCUT2D eigenvalue weighted by atomic mass is 9.94. The molecule has 2 aromatic rings. The molecule has 0 fully saturated rings. The summed E-state index contributed by atoms with van der Waals surface area (Å²) in [4.78, 5) is 5.78. The number of benzene rings is 1. The maximum atomic E-state index is 12.7. The average molecular weight is 486 g/mol. The van der Waals surface area contributed by atoms with Crippen LogP contribution in [0, 0.1) is 11.3 Å². The molecule has 3 rings (SSSR count). The van der Waals surface area contributed by atoms with Crippen molar-refractivity contribution in [3.8, 4) is 11.8 Å². The van der Waals surface area contributed by atoms with Crippen molar-refractivity contribution in [2.24, 2.45) is 0 Å². The Bertz CT molecular complexity index is 1110. The molecule has 1 aromatic heterocycles. The Kier molecular flexibility index (Phi) is 7.76. The highest BCUT2D eigenvalue weighted by molar-refractivity contribution is 7.89. The normalized spacial score (nSPS) is 17.9. The Morgan fingerprint density at radius 2 is 1.97 bits per heavy atom. The summed E-state index contributed by atoms with van der Waals surface area (Å²) in [6.07, 6.45) is 1.73. The molecule has 2 unspecified atom stereocenters. The lowest BCUT2D eigenvalue weighted by Gasteiger charge is -2.28. The van der Waals surface area contributed by atoms with Crippen LogP contribution in [0.1, 0.15) is 36.6 Å². The molecule has 178 valence electrons. The quantitative estimate of drug-likeness (QED) is 0.513. The number of hydrogen-bond donors (Lipinski definition) is 1. The largest absolute Gasteiger partial charge is 0.435 e. The van der Waals surface area contributed by atoms with Gasteiger partial charge in [0.2, 0.25) is 10.0 Å². The third-order valence-electron chi connectivity index (χ3n) is 5.19. The monoisotopic (exact) mass is 486 g/mol. The van der Waals surface area contributed by atoms with Crippen molar-refractivity contribution >= 4 is 15.7 Å². The third-order valence-corrected chi connectivity index (χ3v) is 6.70. The minimum Gasteiger partial charge on any atom is -0.435 e. The van der Waals surface area contributed by atoms with E-state index in [1.165, 1.54) is 24.3 Å². The second kappa shape index (κ2) is 10.4.